The normalized spacial score (nSPS) is 28.8. The Balaban J connectivity index is 1.65. The van der Waals surface area contributed by atoms with Crippen molar-refractivity contribution in [2.75, 3.05) is 12.3 Å². The number of nitrogen functional groups attached to an aromatic ring is 1. The van der Waals surface area contributed by atoms with E-state index in [4.69, 9.17) is 10.5 Å². The zero-order valence-corrected chi connectivity index (χ0v) is 13.3. The highest BCUT2D eigenvalue weighted by Crippen LogP contribution is 2.38. The van der Waals surface area contributed by atoms with E-state index in [0.29, 0.717) is 24.3 Å². The number of anilines is 1. The highest BCUT2D eigenvalue weighted by Gasteiger charge is 2.43. The maximum Gasteiger partial charge on any atom is 0.167 e. The molecular formula is C17H25FN2O2. The Morgan fingerprint density at radius 1 is 1.32 bits per heavy atom. The average Bonchev–Trinajstić information content (AvgIpc) is 2.64. The molecule has 2 atom stereocenters. The number of ether oxygens (including phenoxy) is 1. The van der Waals surface area contributed by atoms with Crippen molar-refractivity contribution in [3.63, 3.8) is 0 Å². The van der Waals surface area contributed by atoms with Crippen molar-refractivity contribution in [2.45, 2.75) is 63.3 Å². The first-order chi connectivity index (χ1) is 10.3. The number of hydrogen-bond acceptors (Lipinski definition) is 4. The Kier molecular flexibility index (Phi) is 4.03. The lowest BCUT2D eigenvalue weighted by Crippen LogP contribution is -2.51. The molecule has 2 aliphatic heterocycles. The van der Waals surface area contributed by atoms with Crippen molar-refractivity contribution in [1.82, 2.24) is 4.90 Å². The second-order valence-electron chi connectivity index (χ2n) is 7.27. The second-order valence-corrected chi connectivity index (χ2v) is 7.27. The standard InChI is InChI=1S/C17H25FN2O2/c1-17(2,21)10-20-12-4-5-13(20)9-14(8-12)22-16-6-3-11(19)7-15(16)18/h3,6-7,12-14,21H,4-5,8-10,19H2,1-2H3. The van der Waals surface area contributed by atoms with Crippen LogP contribution in [-0.2, 0) is 0 Å². The van der Waals surface area contributed by atoms with Crippen LogP contribution >= 0.6 is 0 Å². The average molecular weight is 308 g/mol. The Morgan fingerprint density at radius 2 is 1.95 bits per heavy atom. The molecule has 22 heavy (non-hydrogen) atoms. The van der Waals surface area contributed by atoms with Crippen molar-refractivity contribution >= 4 is 5.69 Å². The number of aliphatic hydroxyl groups is 1. The van der Waals surface area contributed by atoms with E-state index in [0.717, 1.165) is 25.7 Å². The minimum absolute atomic E-state index is 0.0358. The summed E-state index contributed by atoms with van der Waals surface area (Å²) in [6, 6.07) is 5.42. The third kappa shape index (κ3) is 3.36. The van der Waals surface area contributed by atoms with E-state index in [1.54, 1.807) is 12.1 Å². The van der Waals surface area contributed by atoms with Crippen LogP contribution in [0, 0.1) is 5.82 Å². The summed E-state index contributed by atoms with van der Waals surface area (Å²) in [4.78, 5) is 2.40. The summed E-state index contributed by atoms with van der Waals surface area (Å²) in [6.45, 7) is 4.38. The van der Waals surface area contributed by atoms with Gasteiger partial charge in [-0.05, 0) is 51.7 Å². The highest BCUT2D eigenvalue weighted by atomic mass is 19.1. The molecule has 4 nitrogen and oxygen atoms in total. The molecule has 0 saturated carbocycles. The summed E-state index contributed by atoms with van der Waals surface area (Å²) in [5.74, 6) is -0.110. The summed E-state index contributed by atoms with van der Waals surface area (Å²) < 4.78 is 19.7. The van der Waals surface area contributed by atoms with Gasteiger partial charge < -0.3 is 15.6 Å². The van der Waals surface area contributed by atoms with E-state index in [1.165, 1.54) is 6.07 Å². The SMILES string of the molecule is CC(C)(O)CN1C2CCC1CC(Oc1ccc(N)cc1F)C2. The predicted molar refractivity (Wildman–Crippen MR) is 84.3 cm³/mol. The van der Waals surface area contributed by atoms with Crippen LogP contribution < -0.4 is 10.5 Å². The number of hydrogen-bond donors (Lipinski definition) is 2. The first-order valence-electron chi connectivity index (χ1n) is 8.01. The van der Waals surface area contributed by atoms with Crippen molar-refractivity contribution < 1.29 is 14.2 Å². The van der Waals surface area contributed by atoms with Gasteiger partial charge in [0.2, 0.25) is 0 Å². The molecule has 2 bridgehead atoms. The van der Waals surface area contributed by atoms with Crippen molar-refractivity contribution in [1.29, 1.82) is 0 Å². The Hall–Kier alpha value is -1.33. The van der Waals surface area contributed by atoms with Crippen LogP contribution in [0.5, 0.6) is 5.75 Å². The van der Waals surface area contributed by atoms with Gasteiger partial charge in [0.1, 0.15) is 6.10 Å². The molecule has 2 unspecified atom stereocenters. The van der Waals surface area contributed by atoms with Crippen molar-refractivity contribution in [3.05, 3.63) is 24.0 Å². The van der Waals surface area contributed by atoms with E-state index in [-0.39, 0.29) is 11.9 Å². The van der Waals surface area contributed by atoms with Gasteiger partial charge in [0.05, 0.1) is 5.60 Å². The molecule has 2 heterocycles. The number of rotatable bonds is 4. The molecule has 1 aromatic rings. The Bertz CT molecular complexity index is 530. The monoisotopic (exact) mass is 308 g/mol. The Labute approximate surface area is 131 Å². The van der Waals surface area contributed by atoms with Gasteiger partial charge in [0.25, 0.3) is 0 Å². The van der Waals surface area contributed by atoms with Gasteiger partial charge in [-0.3, -0.25) is 4.90 Å². The minimum atomic E-state index is -0.683. The van der Waals surface area contributed by atoms with E-state index in [1.807, 2.05) is 13.8 Å². The highest BCUT2D eigenvalue weighted by molar-refractivity contribution is 5.42. The zero-order valence-electron chi connectivity index (χ0n) is 13.3. The zero-order chi connectivity index (χ0) is 15.9. The number of nitrogens with zero attached hydrogens (tertiary/aromatic N) is 1. The molecule has 0 radical (unpaired) electrons. The number of piperidine rings is 1. The fourth-order valence-electron chi connectivity index (χ4n) is 3.82. The lowest BCUT2D eigenvalue weighted by Gasteiger charge is -2.41. The number of halogens is 1. The number of fused-ring (bicyclic) bond motifs is 2. The fourth-order valence-corrected chi connectivity index (χ4v) is 3.82. The third-order valence-corrected chi connectivity index (χ3v) is 4.66. The molecule has 2 fully saturated rings. The molecule has 0 amide bonds. The summed E-state index contributed by atoms with van der Waals surface area (Å²) >= 11 is 0. The molecule has 122 valence electrons. The molecule has 5 heteroatoms. The molecular weight excluding hydrogens is 283 g/mol. The van der Waals surface area contributed by atoms with E-state index < -0.39 is 11.4 Å². The van der Waals surface area contributed by atoms with Gasteiger partial charge in [-0.2, -0.15) is 0 Å². The molecule has 0 aromatic heterocycles. The van der Waals surface area contributed by atoms with Gasteiger partial charge in [-0.1, -0.05) is 0 Å². The summed E-state index contributed by atoms with van der Waals surface area (Å²) in [5, 5.41) is 10.1. The van der Waals surface area contributed by atoms with Gasteiger partial charge in [-0.15, -0.1) is 0 Å². The predicted octanol–water partition coefficient (Wildman–Crippen LogP) is 2.55. The van der Waals surface area contributed by atoms with Crippen LogP contribution in [0.15, 0.2) is 18.2 Å². The molecule has 2 aliphatic rings. The maximum atomic E-state index is 13.9. The summed E-state index contributed by atoms with van der Waals surface area (Å²) in [5.41, 5.74) is 5.29. The van der Waals surface area contributed by atoms with Crippen molar-refractivity contribution in [2.24, 2.45) is 0 Å². The summed E-state index contributed by atoms with van der Waals surface area (Å²) in [6.07, 6.45) is 4.07. The van der Waals surface area contributed by atoms with Gasteiger partial charge in [0.15, 0.2) is 11.6 Å². The van der Waals surface area contributed by atoms with Crippen LogP contribution in [0.4, 0.5) is 10.1 Å². The first kappa shape index (κ1) is 15.6. The second kappa shape index (κ2) is 5.70. The first-order valence-corrected chi connectivity index (χ1v) is 8.01. The Morgan fingerprint density at radius 3 is 2.50 bits per heavy atom. The molecule has 0 spiro atoms. The molecule has 1 aromatic carbocycles. The van der Waals surface area contributed by atoms with E-state index >= 15 is 0 Å². The number of benzene rings is 1. The number of nitrogens with two attached hydrogens (primary N) is 1. The van der Waals surface area contributed by atoms with Gasteiger partial charge >= 0.3 is 0 Å². The lowest BCUT2D eigenvalue weighted by atomic mass is 9.97. The molecule has 3 N–H and O–H groups in total. The van der Waals surface area contributed by atoms with Crippen LogP contribution in [0.2, 0.25) is 0 Å². The fraction of sp³-hybridized carbons (Fsp3) is 0.647. The smallest absolute Gasteiger partial charge is 0.167 e. The van der Waals surface area contributed by atoms with E-state index in [9.17, 15) is 9.50 Å². The minimum Gasteiger partial charge on any atom is -0.487 e. The largest absolute Gasteiger partial charge is 0.487 e. The van der Waals surface area contributed by atoms with Crippen LogP contribution in [0.1, 0.15) is 39.5 Å². The van der Waals surface area contributed by atoms with Gasteiger partial charge in [0, 0.05) is 30.4 Å². The van der Waals surface area contributed by atoms with Crippen LogP contribution in [0.3, 0.4) is 0 Å². The summed E-state index contributed by atoms with van der Waals surface area (Å²) in [7, 11) is 0. The van der Waals surface area contributed by atoms with E-state index in [2.05, 4.69) is 4.90 Å². The van der Waals surface area contributed by atoms with Crippen molar-refractivity contribution in [3.8, 4) is 5.75 Å². The maximum absolute atomic E-state index is 13.9. The quantitative estimate of drug-likeness (QED) is 0.839. The topological polar surface area (TPSA) is 58.7 Å². The molecule has 3 rings (SSSR count). The van der Waals surface area contributed by atoms with Crippen LogP contribution in [-0.4, -0.2) is 40.3 Å². The van der Waals surface area contributed by atoms with Crippen LogP contribution in [0.25, 0.3) is 0 Å². The van der Waals surface area contributed by atoms with Gasteiger partial charge in [-0.25, -0.2) is 4.39 Å². The third-order valence-electron chi connectivity index (χ3n) is 4.66. The molecule has 0 aliphatic carbocycles. The molecule has 2 saturated heterocycles. The lowest BCUT2D eigenvalue weighted by molar-refractivity contribution is -0.0174.